The fourth-order valence-electron chi connectivity index (χ4n) is 5.88. The summed E-state index contributed by atoms with van der Waals surface area (Å²) in [5.74, 6) is 1.98. The third kappa shape index (κ3) is 4.54. The van der Waals surface area contributed by atoms with Crippen LogP contribution < -0.4 is 4.74 Å². The Morgan fingerprint density at radius 1 is 1.14 bits per heavy atom. The summed E-state index contributed by atoms with van der Waals surface area (Å²) in [6, 6.07) is 8.63. The van der Waals surface area contributed by atoms with E-state index in [4.69, 9.17) is 9.47 Å². The van der Waals surface area contributed by atoms with Gasteiger partial charge in [-0.1, -0.05) is 6.07 Å². The molecule has 3 atom stereocenters. The first-order valence-electron chi connectivity index (χ1n) is 12.5. The van der Waals surface area contributed by atoms with Crippen molar-refractivity contribution in [1.82, 2.24) is 9.97 Å². The molecule has 0 spiro atoms. The van der Waals surface area contributed by atoms with Crippen LogP contribution in [-0.4, -0.2) is 44.5 Å². The Hall–Kier alpha value is -2.58. The van der Waals surface area contributed by atoms with E-state index >= 15 is 0 Å². The van der Waals surface area contributed by atoms with Gasteiger partial charge in [-0.25, -0.2) is 18.6 Å². The molecular formula is C27H30FN3O3S. The summed E-state index contributed by atoms with van der Waals surface area (Å²) in [4.78, 5) is 9.08. The molecule has 0 unspecified atom stereocenters. The maximum absolute atomic E-state index is 14.2. The van der Waals surface area contributed by atoms with Crippen molar-refractivity contribution in [3.05, 3.63) is 59.3 Å². The highest BCUT2D eigenvalue weighted by molar-refractivity contribution is 7.93. The maximum Gasteiger partial charge on any atom is 0.126 e. The average Bonchev–Trinajstić information content (AvgIpc) is 3.54. The van der Waals surface area contributed by atoms with E-state index in [-0.39, 0.29) is 18.0 Å². The lowest BCUT2D eigenvalue weighted by Crippen LogP contribution is -2.24. The summed E-state index contributed by atoms with van der Waals surface area (Å²) in [7, 11) is -2.16. The van der Waals surface area contributed by atoms with Gasteiger partial charge in [-0.05, 0) is 62.8 Å². The zero-order valence-corrected chi connectivity index (χ0v) is 20.7. The van der Waals surface area contributed by atoms with E-state index in [1.807, 2.05) is 19.1 Å². The van der Waals surface area contributed by atoms with Crippen molar-refractivity contribution in [2.45, 2.75) is 57.7 Å². The van der Waals surface area contributed by atoms with Gasteiger partial charge in [0.25, 0.3) is 0 Å². The molecular weight excluding hydrogens is 465 g/mol. The van der Waals surface area contributed by atoms with E-state index < -0.39 is 9.73 Å². The molecule has 3 aromatic rings. The van der Waals surface area contributed by atoms with Gasteiger partial charge < -0.3 is 9.47 Å². The third-order valence-electron chi connectivity index (χ3n) is 7.59. The van der Waals surface area contributed by atoms with E-state index in [2.05, 4.69) is 14.3 Å². The number of halogens is 1. The minimum absolute atomic E-state index is 0.0496. The molecule has 35 heavy (non-hydrogen) atoms. The Bertz CT molecular complexity index is 1390. The highest BCUT2D eigenvalue weighted by Gasteiger charge is 2.42. The van der Waals surface area contributed by atoms with Gasteiger partial charge in [0.15, 0.2) is 0 Å². The van der Waals surface area contributed by atoms with Crippen molar-refractivity contribution < 1.29 is 18.1 Å². The number of aryl methyl sites for hydroxylation is 1. The maximum atomic E-state index is 14.2. The van der Waals surface area contributed by atoms with Crippen LogP contribution in [-0.2, 0) is 20.9 Å². The first kappa shape index (κ1) is 22.9. The Morgan fingerprint density at radius 3 is 2.86 bits per heavy atom. The van der Waals surface area contributed by atoms with Crippen LogP contribution >= 0.6 is 0 Å². The third-order valence-corrected chi connectivity index (χ3v) is 9.98. The Morgan fingerprint density at radius 2 is 2.00 bits per heavy atom. The number of nitrogens with zero attached hydrogens (tertiary/aromatic N) is 3. The molecule has 3 heterocycles. The summed E-state index contributed by atoms with van der Waals surface area (Å²) < 4.78 is 44.0. The molecule has 1 aromatic heterocycles. The first-order chi connectivity index (χ1) is 17.0. The molecule has 6 nitrogen and oxygen atoms in total. The number of hydrogen-bond acceptors (Lipinski definition) is 6. The number of fused-ring (bicyclic) bond motifs is 2. The molecule has 2 aromatic carbocycles. The van der Waals surface area contributed by atoms with Crippen LogP contribution in [0.25, 0.3) is 10.9 Å². The number of hydrogen-bond donors (Lipinski definition) is 0. The Balaban J connectivity index is 1.33. The van der Waals surface area contributed by atoms with Gasteiger partial charge in [-0.2, -0.15) is 4.36 Å². The molecule has 6 rings (SSSR count). The summed E-state index contributed by atoms with van der Waals surface area (Å²) in [6.45, 7) is 2.79. The van der Waals surface area contributed by atoms with Gasteiger partial charge >= 0.3 is 0 Å². The highest BCUT2D eigenvalue weighted by Crippen LogP contribution is 2.39. The summed E-state index contributed by atoms with van der Waals surface area (Å²) >= 11 is 0. The fraction of sp³-hybridized carbons (Fsp3) is 0.481. The van der Waals surface area contributed by atoms with Crippen LogP contribution in [0.1, 0.15) is 48.9 Å². The molecule has 3 fully saturated rings. The molecule has 1 saturated carbocycles. The number of rotatable bonds is 5. The molecule has 0 N–H and O–H groups in total. The van der Waals surface area contributed by atoms with Crippen molar-refractivity contribution in [2.24, 2.45) is 10.3 Å². The second-order valence-corrected chi connectivity index (χ2v) is 12.5. The summed E-state index contributed by atoms with van der Waals surface area (Å²) in [6.07, 6.45) is 7.23. The predicted molar refractivity (Wildman–Crippen MR) is 134 cm³/mol. The van der Waals surface area contributed by atoms with Gasteiger partial charge in [0.1, 0.15) is 24.0 Å². The Labute approximate surface area is 205 Å². The predicted octanol–water partition coefficient (Wildman–Crippen LogP) is 5.51. The van der Waals surface area contributed by atoms with Crippen molar-refractivity contribution in [2.75, 3.05) is 18.1 Å². The van der Waals surface area contributed by atoms with Gasteiger partial charge in [0.05, 0.1) is 32.7 Å². The molecule has 8 heteroatoms. The minimum Gasteiger partial charge on any atom is -0.490 e. The van der Waals surface area contributed by atoms with Crippen molar-refractivity contribution >= 4 is 26.3 Å². The fourth-order valence-corrected chi connectivity index (χ4v) is 8.07. The van der Waals surface area contributed by atoms with Crippen LogP contribution in [0.15, 0.2) is 41.0 Å². The molecule has 184 valence electrons. The zero-order valence-electron chi connectivity index (χ0n) is 19.9. The molecule has 0 bridgehead atoms. The molecule has 0 amide bonds. The van der Waals surface area contributed by atoms with Crippen molar-refractivity contribution in [3.8, 4) is 5.75 Å². The lowest BCUT2D eigenvalue weighted by molar-refractivity contribution is 0.0890. The SMILES string of the molecule is Cc1cc(N=S2(=O)CCCC2)cc2ncnc(Cc3ccc(F)cc3O[C@@H]3CC[C@@H]4OCC[C@@H]43)c12. The van der Waals surface area contributed by atoms with Gasteiger partial charge in [-0.15, -0.1) is 0 Å². The van der Waals surface area contributed by atoms with Crippen molar-refractivity contribution in [1.29, 1.82) is 0 Å². The Kier molecular flexibility index (Phi) is 5.96. The first-order valence-corrected chi connectivity index (χ1v) is 14.4. The van der Waals surface area contributed by atoms with Gasteiger partial charge in [0, 0.05) is 47.5 Å². The topological polar surface area (TPSA) is 73.7 Å². The summed E-state index contributed by atoms with van der Waals surface area (Å²) in [5, 5.41) is 0.952. The van der Waals surface area contributed by atoms with E-state index in [0.717, 1.165) is 66.4 Å². The van der Waals surface area contributed by atoms with Gasteiger partial charge in [0.2, 0.25) is 0 Å². The quantitative estimate of drug-likeness (QED) is 0.467. The zero-order chi connectivity index (χ0) is 24.0. The smallest absolute Gasteiger partial charge is 0.126 e. The van der Waals surface area contributed by atoms with E-state index in [0.29, 0.717) is 35.3 Å². The molecule has 3 aliphatic rings. The average molecular weight is 496 g/mol. The standard InChI is InChI=1S/C27H30FN3O3S/c1-17-12-20(31-35(32)10-2-3-11-35)15-23-27(17)22(29-16-30-23)13-18-4-5-19(28)14-26(18)34-25-7-6-24-21(25)8-9-33-24/h4-5,12,14-16,21,24-25H,2-3,6-11,13H2,1H3/t21-,24-,25+/m0/s1. The monoisotopic (exact) mass is 495 g/mol. The minimum atomic E-state index is -2.16. The highest BCUT2D eigenvalue weighted by atomic mass is 32.2. The van der Waals surface area contributed by atoms with Crippen LogP contribution in [0.2, 0.25) is 0 Å². The number of aromatic nitrogens is 2. The lowest BCUT2D eigenvalue weighted by Gasteiger charge is -2.21. The largest absolute Gasteiger partial charge is 0.490 e. The summed E-state index contributed by atoms with van der Waals surface area (Å²) in [5.41, 5.74) is 4.24. The lowest BCUT2D eigenvalue weighted by atomic mass is 10.0. The van der Waals surface area contributed by atoms with E-state index in [1.54, 1.807) is 12.4 Å². The van der Waals surface area contributed by atoms with Gasteiger partial charge in [-0.3, -0.25) is 0 Å². The second-order valence-electron chi connectivity index (χ2n) is 9.98. The number of ether oxygens (including phenoxy) is 2. The molecule has 2 aliphatic heterocycles. The van der Waals surface area contributed by atoms with Crippen molar-refractivity contribution in [3.63, 3.8) is 0 Å². The van der Waals surface area contributed by atoms with Crippen LogP contribution in [0, 0.1) is 18.7 Å². The number of benzene rings is 2. The normalized spacial score (nSPS) is 25.1. The molecule has 0 radical (unpaired) electrons. The van der Waals surface area contributed by atoms with E-state index in [1.165, 1.54) is 12.1 Å². The van der Waals surface area contributed by atoms with E-state index in [9.17, 15) is 8.60 Å². The van der Waals surface area contributed by atoms with Crippen LogP contribution in [0.4, 0.5) is 10.1 Å². The molecule has 2 saturated heterocycles. The van der Waals surface area contributed by atoms with Crippen LogP contribution in [0.3, 0.4) is 0 Å². The second kappa shape index (κ2) is 9.13. The molecule has 1 aliphatic carbocycles. The van der Waals surface area contributed by atoms with Crippen LogP contribution in [0.5, 0.6) is 5.75 Å².